The van der Waals surface area contributed by atoms with Crippen LogP contribution in [0.3, 0.4) is 0 Å². The van der Waals surface area contributed by atoms with Gasteiger partial charge in [0.2, 0.25) is 0 Å². The zero-order chi connectivity index (χ0) is 18.6. The van der Waals surface area contributed by atoms with Gasteiger partial charge in [0.1, 0.15) is 5.58 Å². The molecule has 0 radical (unpaired) electrons. The quantitative estimate of drug-likeness (QED) is 0.613. The van der Waals surface area contributed by atoms with Crippen LogP contribution in [0, 0.1) is 6.92 Å². The lowest BCUT2D eigenvalue weighted by Crippen LogP contribution is -2.31. The van der Waals surface area contributed by atoms with E-state index in [1.165, 1.54) is 5.56 Å². The Kier molecular flexibility index (Phi) is 5.37. The summed E-state index contributed by atoms with van der Waals surface area (Å²) in [5.41, 5.74) is 3.73. The Labute approximate surface area is 159 Å². The second kappa shape index (κ2) is 8.07. The number of hydrogen-bond acceptors (Lipinski definition) is 4. The predicted molar refractivity (Wildman–Crippen MR) is 107 cm³/mol. The highest BCUT2D eigenvalue weighted by molar-refractivity contribution is 5.80. The van der Waals surface area contributed by atoms with Crippen LogP contribution in [-0.4, -0.2) is 24.2 Å². The molecule has 4 nitrogen and oxygen atoms in total. The van der Waals surface area contributed by atoms with Crippen molar-refractivity contribution in [1.82, 2.24) is 4.90 Å². The molecule has 1 aliphatic rings. The number of hydrogen-bond donors (Lipinski definition) is 0. The molecule has 1 fully saturated rings. The van der Waals surface area contributed by atoms with Gasteiger partial charge in [-0.3, -0.25) is 4.90 Å². The Morgan fingerprint density at radius 2 is 1.93 bits per heavy atom. The second-order valence-electron chi connectivity index (χ2n) is 7.38. The van der Waals surface area contributed by atoms with Crippen molar-refractivity contribution < 1.29 is 9.15 Å². The highest BCUT2D eigenvalue weighted by atomic mass is 16.5. The molecular formula is C23H25NO3. The van der Waals surface area contributed by atoms with Crippen LogP contribution < -0.4 is 5.63 Å². The SMILES string of the molecule is Cc1ccc2c(CN(Cc3ccccc3)CC3CCCO3)cc(=O)oc2c1. The fourth-order valence-electron chi connectivity index (χ4n) is 3.81. The van der Waals surface area contributed by atoms with Crippen LogP contribution in [0.5, 0.6) is 0 Å². The van der Waals surface area contributed by atoms with Crippen LogP contribution in [0.1, 0.15) is 29.5 Å². The topological polar surface area (TPSA) is 42.7 Å². The molecule has 2 heterocycles. The standard InChI is InChI=1S/C23H25NO3/c1-17-9-10-21-19(13-23(25)27-22(21)12-17)15-24(16-20-8-5-11-26-20)14-18-6-3-2-4-7-18/h2-4,6-7,9-10,12-13,20H,5,8,11,14-16H2,1H3. The molecule has 3 aromatic rings. The minimum absolute atomic E-state index is 0.266. The van der Waals surface area contributed by atoms with Gasteiger partial charge in [0.25, 0.3) is 0 Å². The number of ether oxygens (including phenoxy) is 1. The molecule has 1 aliphatic heterocycles. The molecule has 4 heteroatoms. The second-order valence-corrected chi connectivity index (χ2v) is 7.38. The van der Waals surface area contributed by atoms with Gasteiger partial charge in [-0.1, -0.05) is 42.5 Å². The average Bonchev–Trinajstić information content (AvgIpc) is 3.15. The Morgan fingerprint density at radius 1 is 1.07 bits per heavy atom. The van der Waals surface area contributed by atoms with E-state index in [2.05, 4.69) is 41.3 Å². The first-order valence-corrected chi connectivity index (χ1v) is 9.59. The van der Waals surface area contributed by atoms with Crippen LogP contribution >= 0.6 is 0 Å². The molecular weight excluding hydrogens is 338 g/mol. The van der Waals surface area contributed by atoms with Crippen molar-refractivity contribution in [3.05, 3.63) is 81.7 Å². The van der Waals surface area contributed by atoms with E-state index in [1.807, 2.05) is 19.1 Å². The van der Waals surface area contributed by atoms with Crippen LogP contribution in [-0.2, 0) is 17.8 Å². The van der Waals surface area contributed by atoms with E-state index in [1.54, 1.807) is 6.07 Å². The van der Waals surface area contributed by atoms with Gasteiger partial charge < -0.3 is 9.15 Å². The number of benzene rings is 2. The fourth-order valence-corrected chi connectivity index (χ4v) is 3.81. The fraction of sp³-hybridized carbons (Fsp3) is 0.348. The summed E-state index contributed by atoms with van der Waals surface area (Å²) in [6.07, 6.45) is 2.49. The van der Waals surface area contributed by atoms with Gasteiger partial charge in [-0.25, -0.2) is 4.79 Å². The normalized spacial score (nSPS) is 17.0. The van der Waals surface area contributed by atoms with Gasteiger partial charge in [0.05, 0.1) is 6.10 Å². The van der Waals surface area contributed by atoms with Gasteiger partial charge in [0.15, 0.2) is 0 Å². The zero-order valence-corrected chi connectivity index (χ0v) is 15.7. The Morgan fingerprint density at radius 3 is 2.70 bits per heavy atom. The summed E-state index contributed by atoms with van der Waals surface area (Å²) in [7, 11) is 0. The van der Waals surface area contributed by atoms with E-state index in [4.69, 9.17) is 9.15 Å². The maximum atomic E-state index is 12.1. The maximum Gasteiger partial charge on any atom is 0.336 e. The summed E-state index contributed by atoms with van der Waals surface area (Å²) in [5.74, 6) is 0. The van der Waals surface area contributed by atoms with Crippen molar-refractivity contribution in [2.24, 2.45) is 0 Å². The van der Waals surface area contributed by atoms with Crippen molar-refractivity contribution in [3.8, 4) is 0 Å². The minimum Gasteiger partial charge on any atom is -0.423 e. The Bertz CT molecular complexity index is 958. The lowest BCUT2D eigenvalue weighted by atomic mass is 10.1. The Balaban J connectivity index is 1.64. The molecule has 0 N–H and O–H groups in total. The third kappa shape index (κ3) is 4.46. The van der Waals surface area contributed by atoms with E-state index >= 15 is 0 Å². The van der Waals surface area contributed by atoms with Gasteiger partial charge >= 0.3 is 5.63 Å². The predicted octanol–water partition coefficient (Wildman–Crippen LogP) is 4.28. The van der Waals surface area contributed by atoms with Gasteiger partial charge in [-0.2, -0.15) is 0 Å². The molecule has 1 saturated heterocycles. The summed E-state index contributed by atoms with van der Waals surface area (Å²) < 4.78 is 11.3. The van der Waals surface area contributed by atoms with Crippen LogP contribution in [0.25, 0.3) is 11.0 Å². The summed E-state index contributed by atoms with van der Waals surface area (Å²) in [6.45, 7) is 5.24. The number of fused-ring (bicyclic) bond motifs is 1. The summed E-state index contributed by atoms with van der Waals surface area (Å²) in [6, 6.07) is 18.1. The van der Waals surface area contributed by atoms with Crippen molar-refractivity contribution >= 4 is 11.0 Å². The smallest absolute Gasteiger partial charge is 0.336 e. The highest BCUT2D eigenvalue weighted by Gasteiger charge is 2.20. The largest absolute Gasteiger partial charge is 0.423 e. The molecule has 1 atom stereocenters. The monoisotopic (exact) mass is 363 g/mol. The zero-order valence-electron chi connectivity index (χ0n) is 15.7. The molecule has 0 saturated carbocycles. The van der Waals surface area contributed by atoms with E-state index in [-0.39, 0.29) is 11.7 Å². The summed E-state index contributed by atoms with van der Waals surface area (Å²) >= 11 is 0. The maximum absolute atomic E-state index is 12.1. The van der Waals surface area contributed by atoms with Gasteiger partial charge in [-0.05, 0) is 42.5 Å². The lowest BCUT2D eigenvalue weighted by molar-refractivity contribution is 0.0680. The van der Waals surface area contributed by atoms with Crippen molar-refractivity contribution in [2.45, 2.75) is 39.0 Å². The molecule has 0 bridgehead atoms. The van der Waals surface area contributed by atoms with Gasteiger partial charge in [0, 0.05) is 37.7 Å². The van der Waals surface area contributed by atoms with Crippen molar-refractivity contribution in [1.29, 1.82) is 0 Å². The molecule has 4 rings (SSSR count). The molecule has 2 aromatic carbocycles. The third-order valence-corrected chi connectivity index (χ3v) is 5.11. The van der Waals surface area contributed by atoms with E-state index in [0.29, 0.717) is 12.1 Å². The number of aryl methyl sites for hydroxylation is 1. The lowest BCUT2D eigenvalue weighted by Gasteiger charge is -2.26. The summed E-state index contributed by atoms with van der Waals surface area (Å²) in [5, 5.41) is 1.01. The van der Waals surface area contributed by atoms with Crippen molar-refractivity contribution in [3.63, 3.8) is 0 Å². The first kappa shape index (κ1) is 18.0. The van der Waals surface area contributed by atoms with E-state index in [0.717, 1.165) is 49.1 Å². The Hall–Kier alpha value is -2.43. The number of nitrogens with zero attached hydrogens (tertiary/aromatic N) is 1. The molecule has 0 amide bonds. The minimum atomic E-state index is -0.292. The number of rotatable bonds is 6. The molecule has 27 heavy (non-hydrogen) atoms. The highest BCUT2D eigenvalue weighted by Crippen LogP contribution is 2.22. The third-order valence-electron chi connectivity index (χ3n) is 5.11. The molecule has 0 aliphatic carbocycles. The van der Waals surface area contributed by atoms with E-state index in [9.17, 15) is 4.79 Å². The average molecular weight is 363 g/mol. The van der Waals surface area contributed by atoms with Crippen LogP contribution in [0.15, 0.2) is 63.8 Å². The van der Waals surface area contributed by atoms with E-state index < -0.39 is 0 Å². The van der Waals surface area contributed by atoms with Gasteiger partial charge in [-0.15, -0.1) is 0 Å². The van der Waals surface area contributed by atoms with Crippen molar-refractivity contribution in [2.75, 3.05) is 13.2 Å². The molecule has 140 valence electrons. The molecule has 1 aromatic heterocycles. The first-order chi connectivity index (χ1) is 13.2. The van der Waals surface area contributed by atoms with Crippen LogP contribution in [0.2, 0.25) is 0 Å². The molecule has 0 spiro atoms. The van der Waals surface area contributed by atoms with Crippen LogP contribution in [0.4, 0.5) is 0 Å². The molecule has 1 unspecified atom stereocenters. The first-order valence-electron chi connectivity index (χ1n) is 9.59. The summed E-state index contributed by atoms with van der Waals surface area (Å²) in [4.78, 5) is 14.5.